The number of fused-ring (bicyclic) bond motifs is 1. The molecule has 2 aliphatic heterocycles. The molecule has 1 N–H and O–H groups in total. The molecule has 3 heterocycles. The molecule has 0 bridgehead atoms. The van der Waals surface area contributed by atoms with Gasteiger partial charge in [-0.1, -0.05) is 18.2 Å². The van der Waals surface area contributed by atoms with Crippen LogP contribution in [0.25, 0.3) is 0 Å². The number of thiophene rings is 1. The number of carbonyl (C=O) groups is 1. The van der Waals surface area contributed by atoms with Crippen LogP contribution in [0.1, 0.15) is 35.8 Å². The lowest BCUT2D eigenvalue weighted by atomic mass is 9.95. The lowest BCUT2D eigenvalue weighted by molar-refractivity contribution is -0.121. The van der Waals surface area contributed by atoms with E-state index in [1.165, 1.54) is 6.07 Å². The molecule has 0 radical (unpaired) electrons. The first kappa shape index (κ1) is 21.1. The summed E-state index contributed by atoms with van der Waals surface area (Å²) in [6.45, 7) is 2.47. The maximum Gasteiger partial charge on any atom is 0.227 e. The van der Waals surface area contributed by atoms with Crippen molar-refractivity contribution in [3.8, 4) is 5.75 Å². The fourth-order valence-corrected chi connectivity index (χ4v) is 4.99. The Balaban J connectivity index is 1.23. The first-order chi connectivity index (χ1) is 15.7. The Morgan fingerprint density at radius 1 is 1.16 bits per heavy atom. The lowest BCUT2D eigenvalue weighted by Crippen LogP contribution is -2.38. The van der Waals surface area contributed by atoms with E-state index < -0.39 is 6.29 Å². The Morgan fingerprint density at radius 3 is 2.72 bits per heavy atom. The maximum atomic E-state index is 14.3. The number of para-hydroxylation sites is 1. The summed E-state index contributed by atoms with van der Waals surface area (Å²) < 4.78 is 26.2. The van der Waals surface area contributed by atoms with Crippen LogP contribution >= 0.6 is 11.3 Å². The molecule has 0 aliphatic carbocycles. The average Bonchev–Trinajstić information content (AvgIpc) is 3.35. The third kappa shape index (κ3) is 4.70. The van der Waals surface area contributed by atoms with Crippen molar-refractivity contribution >= 4 is 22.9 Å². The first-order valence-electron chi connectivity index (χ1n) is 10.9. The Bertz CT molecular complexity index is 1070. The van der Waals surface area contributed by atoms with E-state index in [9.17, 15) is 9.18 Å². The number of halogens is 1. The average molecular weight is 453 g/mol. The van der Waals surface area contributed by atoms with E-state index in [4.69, 9.17) is 9.47 Å². The number of rotatable bonds is 5. The molecule has 166 valence electrons. The van der Waals surface area contributed by atoms with E-state index in [2.05, 4.69) is 10.2 Å². The number of amides is 1. The molecule has 1 fully saturated rings. The SMILES string of the molecule is O=C(Nc1ccccc1)C1CCN(Cc2cc(F)cc3c2O[C@@H](c2ccsc2)OC3)CC1. The van der Waals surface area contributed by atoms with Crippen molar-refractivity contribution in [1.82, 2.24) is 4.90 Å². The van der Waals surface area contributed by atoms with Gasteiger partial charge in [0.15, 0.2) is 0 Å². The fourth-order valence-electron chi connectivity index (χ4n) is 4.33. The number of likely N-dealkylation sites (tertiary alicyclic amines) is 1. The second-order valence-corrected chi connectivity index (χ2v) is 9.06. The first-order valence-corrected chi connectivity index (χ1v) is 11.8. The van der Waals surface area contributed by atoms with E-state index in [1.54, 1.807) is 17.4 Å². The van der Waals surface area contributed by atoms with Crippen LogP contribution in [-0.4, -0.2) is 23.9 Å². The third-order valence-corrected chi connectivity index (χ3v) is 6.73. The van der Waals surface area contributed by atoms with Crippen LogP contribution in [-0.2, 0) is 22.7 Å². The summed E-state index contributed by atoms with van der Waals surface area (Å²) in [6, 6.07) is 14.6. The van der Waals surface area contributed by atoms with Gasteiger partial charge in [-0.3, -0.25) is 9.69 Å². The summed E-state index contributed by atoms with van der Waals surface area (Å²) in [5.41, 5.74) is 3.37. The van der Waals surface area contributed by atoms with Crippen LogP contribution < -0.4 is 10.1 Å². The summed E-state index contributed by atoms with van der Waals surface area (Å²) in [4.78, 5) is 14.9. The zero-order valence-corrected chi connectivity index (χ0v) is 18.4. The molecule has 5 nitrogen and oxygen atoms in total. The number of nitrogens with one attached hydrogen (secondary N) is 1. The van der Waals surface area contributed by atoms with Crippen LogP contribution in [0.3, 0.4) is 0 Å². The number of piperidine rings is 1. The highest BCUT2D eigenvalue weighted by atomic mass is 32.1. The molecule has 3 aromatic rings. The van der Waals surface area contributed by atoms with Gasteiger partial charge >= 0.3 is 0 Å². The number of ether oxygens (including phenoxy) is 2. The summed E-state index contributed by atoms with van der Waals surface area (Å²) >= 11 is 1.59. The second-order valence-electron chi connectivity index (χ2n) is 8.28. The molecule has 5 rings (SSSR count). The molecular weight excluding hydrogens is 427 g/mol. The van der Waals surface area contributed by atoms with Crippen molar-refractivity contribution in [2.45, 2.75) is 32.3 Å². The number of anilines is 1. The normalized spacial score (nSPS) is 19.2. The Morgan fingerprint density at radius 2 is 1.97 bits per heavy atom. The van der Waals surface area contributed by atoms with Gasteiger partial charge in [-0.05, 0) is 61.6 Å². The lowest BCUT2D eigenvalue weighted by Gasteiger charge is -2.33. The molecule has 7 heteroatoms. The van der Waals surface area contributed by atoms with Crippen molar-refractivity contribution in [3.63, 3.8) is 0 Å². The van der Waals surface area contributed by atoms with Crippen molar-refractivity contribution < 1.29 is 18.7 Å². The van der Waals surface area contributed by atoms with Gasteiger partial charge in [0, 0.05) is 40.2 Å². The molecule has 1 saturated heterocycles. The Kier molecular flexibility index (Phi) is 6.21. The minimum Gasteiger partial charge on any atom is -0.460 e. The molecule has 2 aliphatic rings. The smallest absolute Gasteiger partial charge is 0.227 e. The minimum atomic E-state index is -0.467. The molecule has 0 saturated carbocycles. The fraction of sp³-hybridized carbons (Fsp3) is 0.320. The highest BCUT2D eigenvalue weighted by Crippen LogP contribution is 2.38. The largest absolute Gasteiger partial charge is 0.460 e. The van der Waals surface area contributed by atoms with E-state index in [0.717, 1.165) is 54.1 Å². The van der Waals surface area contributed by atoms with E-state index in [0.29, 0.717) is 13.2 Å². The molecule has 32 heavy (non-hydrogen) atoms. The van der Waals surface area contributed by atoms with E-state index >= 15 is 0 Å². The number of carbonyl (C=O) groups excluding carboxylic acids is 1. The predicted octanol–water partition coefficient (Wildman–Crippen LogP) is 5.35. The molecule has 1 atom stereocenters. The standard InChI is InChI=1S/C25H25FN2O3S/c26-21-12-19(23-20(13-21)15-30-25(31-23)18-8-11-32-16-18)14-28-9-6-17(7-10-28)24(29)27-22-4-2-1-3-5-22/h1-5,8,11-13,16-17,25H,6-7,9-10,14-15H2,(H,27,29)/t25-/m0/s1. The monoisotopic (exact) mass is 452 g/mol. The van der Waals surface area contributed by atoms with Gasteiger partial charge in [0.2, 0.25) is 12.2 Å². The zero-order valence-electron chi connectivity index (χ0n) is 17.6. The van der Waals surface area contributed by atoms with Crippen molar-refractivity contribution in [3.05, 3.63) is 81.8 Å². The number of hydrogen-bond acceptors (Lipinski definition) is 5. The van der Waals surface area contributed by atoms with E-state index in [1.807, 2.05) is 47.2 Å². The summed E-state index contributed by atoms with van der Waals surface area (Å²) in [6.07, 6.45) is 1.08. The molecule has 0 spiro atoms. The minimum absolute atomic E-state index is 0.0134. The van der Waals surface area contributed by atoms with Crippen LogP contribution in [0.2, 0.25) is 0 Å². The van der Waals surface area contributed by atoms with Gasteiger partial charge in [-0.2, -0.15) is 11.3 Å². The van der Waals surface area contributed by atoms with Gasteiger partial charge in [0.1, 0.15) is 11.6 Å². The van der Waals surface area contributed by atoms with Crippen LogP contribution in [0.15, 0.2) is 59.3 Å². The van der Waals surface area contributed by atoms with E-state index in [-0.39, 0.29) is 17.6 Å². The Hall–Kier alpha value is -2.74. The quantitative estimate of drug-likeness (QED) is 0.567. The molecule has 1 amide bonds. The van der Waals surface area contributed by atoms with Crippen LogP contribution in [0, 0.1) is 11.7 Å². The molecule has 1 aromatic heterocycles. The Labute approximate surface area is 190 Å². The van der Waals surface area contributed by atoms with Crippen LogP contribution in [0.4, 0.5) is 10.1 Å². The van der Waals surface area contributed by atoms with Gasteiger partial charge in [0.25, 0.3) is 0 Å². The highest BCUT2D eigenvalue weighted by Gasteiger charge is 2.29. The molecule has 0 unspecified atom stereocenters. The maximum absolute atomic E-state index is 14.3. The van der Waals surface area contributed by atoms with Crippen LogP contribution in [0.5, 0.6) is 5.75 Å². The summed E-state index contributed by atoms with van der Waals surface area (Å²) in [5, 5.41) is 6.99. The van der Waals surface area contributed by atoms with Crippen molar-refractivity contribution in [2.75, 3.05) is 18.4 Å². The summed E-state index contributed by atoms with van der Waals surface area (Å²) in [5.74, 6) is 0.494. The number of benzene rings is 2. The summed E-state index contributed by atoms with van der Waals surface area (Å²) in [7, 11) is 0. The molecular formula is C25H25FN2O3S. The topological polar surface area (TPSA) is 50.8 Å². The molecule has 2 aromatic carbocycles. The number of hydrogen-bond donors (Lipinski definition) is 1. The predicted molar refractivity (Wildman–Crippen MR) is 122 cm³/mol. The van der Waals surface area contributed by atoms with Gasteiger partial charge < -0.3 is 14.8 Å². The van der Waals surface area contributed by atoms with Crippen molar-refractivity contribution in [1.29, 1.82) is 0 Å². The van der Waals surface area contributed by atoms with Gasteiger partial charge in [-0.25, -0.2) is 4.39 Å². The highest BCUT2D eigenvalue weighted by molar-refractivity contribution is 7.07. The zero-order chi connectivity index (χ0) is 21.9. The van der Waals surface area contributed by atoms with Gasteiger partial charge in [-0.15, -0.1) is 0 Å². The third-order valence-electron chi connectivity index (χ3n) is 6.03. The van der Waals surface area contributed by atoms with Gasteiger partial charge in [0.05, 0.1) is 6.61 Å². The second kappa shape index (κ2) is 9.40. The number of nitrogens with zero attached hydrogens (tertiary/aromatic N) is 1. The van der Waals surface area contributed by atoms with Crippen molar-refractivity contribution in [2.24, 2.45) is 5.92 Å².